The number of hydrogen-bond acceptors (Lipinski definition) is 4. The van der Waals surface area contributed by atoms with Crippen molar-refractivity contribution in [1.82, 2.24) is 20.2 Å². The zero-order valence-corrected chi connectivity index (χ0v) is 10.8. The minimum atomic E-state index is -0.0813. The molecule has 1 aliphatic heterocycles. The van der Waals surface area contributed by atoms with Gasteiger partial charge in [0.25, 0.3) is 0 Å². The van der Waals surface area contributed by atoms with Crippen molar-refractivity contribution >= 4 is 6.03 Å². The largest absolute Gasteiger partial charge is 0.458 e. The van der Waals surface area contributed by atoms with Gasteiger partial charge in [-0.2, -0.15) is 0 Å². The van der Waals surface area contributed by atoms with E-state index in [1.807, 2.05) is 0 Å². The van der Waals surface area contributed by atoms with E-state index in [1.165, 1.54) is 0 Å². The number of carbonyl (C=O) groups is 1. The Bertz CT molecular complexity index is 424. The van der Waals surface area contributed by atoms with Gasteiger partial charge in [0.1, 0.15) is 6.10 Å². The van der Waals surface area contributed by atoms with Crippen LogP contribution in [0.15, 0.2) is 31.1 Å². The standard InChI is InChI=1S/C13H18N4O2/c1-2-6-16-13(18)17-9-3-5-11(10-17)19-12-14-7-4-8-15-12/h2,4,7-8,11H,1,3,5-6,9-10H2,(H,16,18). The van der Waals surface area contributed by atoms with Crippen LogP contribution in [0, 0.1) is 0 Å². The van der Waals surface area contributed by atoms with Crippen LogP contribution >= 0.6 is 0 Å². The highest BCUT2D eigenvalue weighted by molar-refractivity contribution is 5.74. The molecule has 1 unspecified atom stereocenters. The summed E-state index contributed by atoms with van der Waals surface area (Å²) in [4.78, 5) is 21.6. The van der Waals surface area contributed by atoms with Crippen molar-refractivity contribution in [3.8, 4) is 6.01 Å². The molecule has 2 heterocycles. The van der Waals surface area contributed by atoms with Crippen molar-refractivity contribution in [3.05, 3.63) is 31.1 Å². The number of piperidine rings is 1. The minimum Gasteiger partial charge on any atom is -0.458 e. The van der Waals surface area contributed by atoms with Crippen LogP contribution in [0.1, 0.15) is 12.8 Å². The van der Waals surface area contributed by atoms with E-state index in [-0.39, 0.29) is 12.1 Å². The summed E-state index contributed by atoms with van der Waals surface area (Å²) in [6, 6.07) is 2.02. The number of nitrogens with zero attached hydrogens (tertiary/aromatic N) is 3. The zero-order chi connectivity index (χ0) is 13.5. The summed E-state index contributed by atoms with van der Waals surface area (Å²) in [5.74, 6) is 0. The molecule has 1 atom stereocenters. The lowest BCUT2D eigenvalue weighted by molar-refractivity contribution is 0.0942. The molecule has 1 saturated heterocycles. The minimum absolute atomic E-state index is 0.0503. The predicted octanol–water partition coefficient (Wildman–Crippen LogP) is 1.22. The molecule has 1 aliphatic rings. The second-order valence-corrected chi connectivity index (χ2v) is 4.33. The summed E-state index contributed by atoms with van der Waals surface area (Å²) in [7, 11) is 0. The third-order valence-corrected chi connectivity index (χ3v) is 2.88. The van der Waals surface area contributed by atoms with Gasteiger partial charge in [0.05, 0.1) is 6.54 Å². The molecule has 6 heteroatoms. The summed E-state index contributed by atoms with van der Waals surface area (Å²) in [5, 5.41) is 2.77. The highest BCUT2D eigenvalue weighted by Crippen LogP contribution is 2.14. The van der Waals surface area contributed by atoms with Crippen LogP contribution in [-0.2, 0) is 0 Å². The van der Waals surface area contributed by atoms with Gasteiger partial charge in [-0.3, -0.25) is 0 Å². The summed E-state index contributed by atoms with van der Waals surface area (Å²) >= 11 is 0. The Morgan fingerprint density at radius 1 is 1.58 bits per heavy atom. The van der Waals surface area contributed by atoms with Crippen molar-refractivity contribution in [2.75, 3.05) is 19.6 Å². The lowest BCUT2D eigenvalue weighted by Gasteiger charge is -2.32. The second kappa shape index (κ2) is 6.72. The Balaban J connectivity index is 1.86. The summed E-state index contributed by atoms with van der Waals surface area (Å²) in [6.07, 6.45) is 6.71. The molecule has 0 radical (unpaired) electrons. The Labute approximate surface area is 112 Å². The topological polar surface area (TPSA) is 67.4 Å². The highest BCUT2D eigenvalue weighted by Gasteiger charge is 2.25. The zero-order valence-electron chi connectivity index (χ0n) is 10.8. The molecule has 0 aliphatic carbocycles. The molecule has 0 aromatic carbocycles. The Morgan fingerprint density at radius 3 is 3.11 bits per heavy atom. The monoisotopic (exact) mass is 262 g/mol. The van der Waals surface area contributed by atoms with E-state index < -0.39 is 0 Å². The lowest BCUT2D eigenvalue weighted by atomic mass is 10.1. The van der Waals surface area contributed by atoms with E-state index in [1.54, 1.807) is 29.4 Å². The van der Waals surface area contributed by atoms with Gasteiger partial charge in [-0.15, -0.1) is 6.58 Å². The van der Waals surface area contributed by atoms with E-state index in [0.717, 1.165) is 19.4 Å². The van der Waals surface area contributed by atoms with Gasteiger partial charge in [0, 0.05) is 25.5 Å². The van der Waals surface area contributed by atoms with Gasteiger partial charge in [0.2, 0.25) is 0 Å². The Morgan fingerprint density at radius 2 is 2.37 bits per heavy atom. The molecular weight excluding hydrogens is 244 g/mol. The smallest absolute Gasteiger partial charge is 0.317 e. The second-order valence-electron chi connectivity index (χ2n) is 4.33. The molecule has 0 bridgehead atoms. The number of aromatic nitrogens is 2. The number of carbonyl (C=O) groups excluding carboxylic acids is 1. The molecule has 1 aromatic rings. The number of hydrogen-bond donors (Lipinski definition) is 1. The van der Waals surface area contributed by atoms with Crippen molar-refractivity contribution < 1.29 is 9.53 Å². The Kier molecular flexibility index (Phi) is 4.72. The van der Waals surface area contributed by atoms with Gasteiger partial charge in [-0.1, -0.05) is 6.08 Å². The first-order chi connectivity index (χ1) is 9.29. The molecular formula is C13H18N4O2. The van der Waals surface area contributed by atoms with Crippen LogP contribution in [0.4, 0.5) is 4.79 Å². The van der Waals surface area contributed by atoms with Crippen LogP contribution in [-0.4, -0.2) is 46.6 Å². The molecule has 19 heavy (non-hydrogen) atoms. The maximum absolute atomic E-state index is 11.8. The molecule has 1 N–H and O–H groups in total. The van der Waals surface area contributed by atoms with E-state index in [4.69, 9.17) is 4.74 Å². The third kappa shape index (κ3) is 3.94. The molecule has 0 saturated carbocycles. The van der Waals surface area contributed by atoms with E-state index >= 15 is 0 Å². The van der Waals surface area contributed by atoms with Gasteiger partial charge >= 0.3 is 12.0 Å². The first-order valence-electron chi connectivity index (χ1n) is 6.37. The molecule has 2 rings (SSSR count). The summed E-state index contributed by atoms with van der Waals surface area (Å²) in [5.41, 5.74) is 0. The number of likely N-dealkylation sites (tertiary alicyclic amines) is 1. The first-order valence-corrected chi connectivity index (χ1v) is 6.37. The quantitative estimate of drug-likeness (QED) is 0.828. The highest BCUT2D eigenvalue weighted by atomic mass is 16.5. The predicted molar refractivity (Wildman–Crippen MR) is 70.9 cm³/mol. The van der Waals surface area contributed by atoms with Crippen LogP contribution in [0.5, 0.6) is 6.01 Å². The SMILES string of the molecule is C=CCNC(=O)N1CCCC(Oc2ncccn2)C1. The van der Waals surface area contributed by atoms with Crippen molar-refractivity contribution in [2.24, 2.45) is 0 Å². The van der Waals surface area contributed by atoms with Gasteiger partial charge in [-0.05, 0) is 18.9 Å². The number of amides is 2. The molecule has 102 valence electrons. The molecule has 0 spiro atoms. The molecule has 6 nitrogen and oxygen atoms in total. The van der Waals surface area contributed by atoms with Gasteiger partial charge < -0.3 is 15.0 Å². The average Bonchev–Trinajstić information content (AvgIpc) is 2.46. The number of nitrogens with one attached hydrogen (secondary N) is 1. The third-order valence-electron chi connectivity index (χ3n) is 2.88. The van der Waals surface area contributed by atoms with Crippen molar-refractivity contribution in [1.29, 1.82) is 0 Å². The van der Waals surface area contributed by atoms with Crippen molar-refractivity contribution in [2.45, 2.75) is 18.9 Å². The summed E-state index contributed by atoms with van der Waals surface area (Å²) in [6.45, 7) is 5.35. The lowest BCUT2D eigenvalue weighted by Crippen LogP contribution is -2.48. The summed E-state index contributed by atoms with van der Waals surface area (Å²) < 4.78 is 5.68. The average molecular weight is 262 g/mol. The van der Waals surface area contributed by atoms with Crippen LogP contribution < -0.4 is 10.1 Å². The Hall–Kier alpha value is -2.11. The van der Waals surface area contributed by atoms with Crippen LogP contribution in [0.25, 0.3) is 0 Å². The molecule has 2 amide bonds. The fraction of sp³-hybridized carbons (Fsp3) is 0.462. The van der Waals surface area contributed by atoms with Crippen molar-refractivity contribution in [3.63, 3.8) is 0 Å². The van der Waals surface area contributed by atoms with E-state index in [2.05, 4.69) is 21.9 Å². The molecule has 1 aromatic heterocycles. The maximum atomic E-state index is 11.8. The van der Waals surface area contributed by atoms with Gasteiger partial charge in [-0.25, -0.2) is 14.8 Å². The van der Waals surface area contributed by atoms with E-state index in [0.29, 0.717) is 19.1 Å². The number of ether oxygens (including phenoxy) is 1. The van der Waals surface area contributed by atoms with E-state index in [9.17, 15) is 4.79 Å². The fourth-order valence-corrected chi connectivity index (χ4v) is 1.99. The molecule has 1 fully saturated rings. The van der Waals surface area contributed by atoms with Gasteiger partial charge in [0.15, 0.2) is 0 Å². The first kappa shape index (κ1) is 13.3. The maximum Gasteiger partial charge on any atom is 0.317 e. The normalized spacial score (nSPS) is 18.7. The van der Waals surface area contributed by atoms with Crippen LogP contribution in [0.2, 0.25) is 0 Å². The van der Waals surface area contributed by atoms with Crippen LogP contribution in [0.3, 0.4) is 0 Å². The number of rotatable bonds is 4. The number of urea groups is 1. The fourth-order valence-electron chi connectivity index (χ4n) is 1.99.